The number of esters is 2. The smallest absolute Gasteiger partial charge is 0.337 e. The molecule has 216 valence electrons. The molecule has 1 aromatic rings. The fourth-order valence-corrected chi connectivity index (χ4v) is 4.10. The molecule has 1 heterocycles. The van der Waals surface area contributed by atoms with Crippen LogP contribution in [0.1, 0.15) is 31.7 Å². The van der Waals surface area contributed by atoms with Crippen molar-refractivity contribution >= 4 is 17.6 Å². The van der Waals surface area contributed by atoms with Gasteiger partial charge in [-0.1, -0.05) is 19.1 Å². The molecule has 0 bridgehead atoms. The van der Waals surface area contributed by atoms with Crippen molar-refractivity contribution in [3.8, 4) is 0 Å². The average Bonchev–Trinajstić information content (AvgIpc) is 2.93. The van der Waals surface area contributed by atoms with Gasteiger partial charge in [0.15, 0.2) is 12.6 Å². The van der Waals surface area contributed by atoms with Crippen LogP contribution in [0.2, 0.25) is 0 Å². The summed E-state index contributed by atoms with van der Waals surface area (Å²) in [5.41, 5.74) is 0.0651. The lowest BCUT2D eigenvalue weighted by atomic mass is 9.79. The number of rotatable bonds is 16. The van der Waals surface area contributed by atoms with Crippen molar-refractivity contribution in [3.05, 3.63) is 62.5 Å². The third-order valence-electron chi connectivity index (χ3n) is 5.69. The van der Waals surface area contributed by atoms with Gasteiger partial charge in [0.1, 0.15) is 6.61 Å². The zero-order valence-corrected chi connectivity index (χ0v) is 23.0. The van der Waals surface area contributed by atoms with Crippen LogP contribution in [-0.4, -0.2) is 84.3 Å². The minimum Gasteiger partial charge on any atom is -0.463 e. The number of benzene rings is 1. The summed E-state index contributed by atoms with van der Waals surface area (Å²) in [6.45, 7) is 4.16. The number of hydrogen-bond donors (Lipinski definition) is 1. The van der Waals surface area contributed by atoms with E-state index in [1.807, 2.05) is 6.92 Å². The van der Waals surface area contributed by atoms with Gasteiger partial charge in [-0.2, -0.15) is 0 Å². The summed E-state index contributed by atoms with van der Waals surface area (Å²) in [6, 6.07) is 5.57. The number of carbonyl (C=O) groups is 2. The topological polar surface area (TPSA) is 154 Å². The Kier molecular flexibility index (Phi) is 13.0. The Labute approximate surface area is 227 Å². The molecule has 1 aliphatic rings. The van der Waals surface area contributed by atoms with Crippen LogP contribution in [0, 0.1) is 10.1 Å². The maximum Gasteiger partial charge on any atom is 0.337 e. The molecule has 0 spiro atoms. The average molecular weight is 553 g/mol. The maximum atomic E-state index is 13.7. The van der Waals surface area contributed by atoms with Gasteiger partial charge in [-0.15, -0.1) is 0 Å². The minimum atomic E-state index is -1.21. The molecule has 1 aromatic carbocycles. The fourth-order valence-electron chi connectivity index (χ4n) is 4.10. The fraction of sp³-hybridized carbons (Fsp3) is 0.538. The second-order valence-electron chi connectivity index (χ2n) is 8.14. The lowest BCUT2D eigenvalue weighted by Gasteiger charge is -2.36. The first-order valence-electron chi connectivity index (χ1n) is 12.3. The van der Waals surface area contributed by atoms with E-state index in [9.17, 15) is 19.7 Å². The molecule has 0 saturated carbocycles. The van der Waals surface area contributed by atoms with Crippen LogP contribution in [-0.2, 0) is 42.7 Å². The van der Waals surface area contributed by atoms with Crippen molar-refractivity contribution in [2.24, 2.45) is 0 Å². The van der Waals surface area contributed by atoms with Gasteiger partial charge in [-0.25, -0.2) is 9.59 Å². The number of ether oxygens (including phenoxy) is 7. The number of nitro benzene ring substituents is 1. The molecule has 1 atom stereocenters. The molecule has 13 heteroatoms. The van der Waals surface area contributed by atoms with Crippen molar-refractivity contribution in [2.45, 2.75) is 38.8 Å². The van der Waals surface area contributed by atoms with E-state index in [1.54, 1.807) is 13.0 Å². The summed E-state index contributed by atoms with van der Waals surface area (Å²) >= 11 is 0. The van der Waals surface area contributed by atoms with Crippen LogP contribution in [0.15, 0.2) is 46.8 Å². The molecule has 0 aromatic heterocycles. The summed E-state index contributed by atoms with van der Waals surface area (Å²) in [5.74, 6) is -2.82. The molecular formula is C26H36N2O11. The van der Waals surface area contributed by atoms with E-state index >= 15 is 0 Å². The van der Waals surface area contributed by atoms with Crippen molar-refractivity contribution < 1.29 is 47.7 Å². The van der Waals surface area contributed by atoms with E-state index in [-0.39, 0.29) is 53.6 Å². The van der Waals surface area contributed by atoms with E-state index in [4.69, 9.17) is 33.2 Å². The molecule has 1 unspecified atom stereocenters. The Bertz CT molecular complexity index is 1060. The van der Waals surface area contributed by atoms with E-state index < -0.39 is 35.4 Å². The van der Waals surface area contributed by atoms with Crippen molar-refractivity contribution in [1.29, 1.82) is 0 Å². The van der Waals surface area contributed by atoms with Gasteiger partial charge in [-0.3, -0.25) is 10.1 Å². The quantitative estimate of drug-likeness (QED) is 0.105. The highest BCUT2D eigenvalue weighted by molar-refractivity contribution is 6.00. The molecule has 0 radical (unpaired) electrons. The Morgan fingerprint density at radius 1 is 0.897 bits per heavy atom. The molecule has 1 aliphatic heterocycles. The molecule has 0 aliphatic carbocycles. The SMILES string of the molecule is CCCOCCOC(=O)C1=C(C(OC)OC)NC(C(OC)OC)=C(C(=O)OCC)C1c1cccc([N+](=O)[O-])c1. The van der Waals surface area contributed by atoms with E-state index in [1.165, 1.54) is 46.6 Å². The Balaban J connectivity index is 2.85. The third-order valence-corrected chi connectivity index (χ3v) is 5.69. The van der Waals surface area contributed by atoms with E-state index in [0.717, 1.165) is 6.42 Å². The van der Waals surface area contributed by atoms with Gasteiger partial charge in [-0.05, 0) is 18.9 Å². The zero-order valence-electron chi connectivity index (χ0n) is 23.0. The van der Waals surface area contributed by atoms with Gasteiger partial charge >= 0.3 is 11.9 Å². The van der Waals surface area contributed by atoms with Crippen LogP contribution >= 0.6 is 0 Å². The normalized spacial score (nSPS) is 15.5. The molecule has 2 rings (SSSR count). The van der Waals surface area contributed by atoms with Crippen LogP contribution in [0.4, 0.5) is 5.69 Å². The number of dihydropyridines is 1. The number of nitrogens with one attached hydrogen (secondary N) is 1. The summed E-state index contributed by atoms with van der Waals surface area (Å²) in [5, 5.41) is 14.6. The number of nitro groups is 1. The van der Waals surface area contributed by atoms with Crippen molar-refractivity contribution in [1.82, 2.24) is 5.32 Å². The summed E-state index contributed by atoms with van der Waals surface area (Å²) in [6.07, 6.45) is -1.45. The van der Waals surface area contributed by atoms with Crippen LogP contribution < -0.4 is 5.32 Å². The molecule has 0 fully saturated rings. The monoisotopic (exact) mass is 552 g/mol. The molecule has 0 saturated heterocycles. The van der Waals surface area contributed by atoms with Crippen LogP contribution in [0.5, 0.6) is 0 Å². The number of nitrogens with zero attached hydrogens (tertiary/aromatic N) is 1. The summed E-state index contributed by atoms with van der Waals surface area (Å²) in [7, 11) is 5.45. The first kappa shape index (κ1) is 31.9. The predicted octanol–water partition coefficient (Wildman–Crippen LogP) is 2.56. The standard InChI is InChI=1S/C26H36N2O11/c1-7-12-37-13-14-39-24(30)20-18(16-10-9-11-17(15-16)28(31)32)19(23(29)38-8-2)21(25(33-3)34-4)27-22(20)26(35-5)36-6/h9-11,15,18,25-27H,7-8,12-14H2,1-6H3. The second-order valence-corrected chi connectivity index (χ2v) is 8.14. The first-order chi connectivity index (χ1) is 18.8. The number of non-ortho nitro benzene ring substituents is 1. The zero-order chi connectivity index (χ0) is 28.9. The van der Waals surface area contributed by atoms with Crippen LogP contribution in [0.3, 0.4) is 0 Å². The molecule has 1 N–H and O–H groups in total. The van der Waals surface area contributed by atoms with Gasteiger partial charge in [0, 0.05) is 47.2 Å². The largest absolute Gasteiger partial charge is 0.463 e. The lowest BCUT2D eigenvalue weighted by Crippen LogP contribution is -2.43. The summed E-state index contributed by atoms with van der Waals surface area (Å²) in [4.78, 5) is 38.1. The van der Waals surface area contributed by atoms with Gasteiger partial charge < -0.3 is 38.5 Å². The lowest BCUT2D eigenvalue weighted by molar-refractivity contribution is -0.384. The number of hydrogen-bond acceptors (Lipinski definition) is 12. The van der Waals surface area contributed by atoms with Gasteiger partial charge in [0.2, 0.25) is 0 Å². The second kappa shape index (κ2) is 15.9. The maximum absolute atomic E-state index is 13.7. The third kappa shape index (κ3) is 7.83. The first-order valence-corrected chi connectivity index (χ1v) is 12.3. The molecular weight excluding hydrogens is 516 g/mol. The van der Waals surface area contributed by atoms with Crippen molar-refractivity contribution in [3.63, 3.8) is 0 Å². The van der Waals surface area contributed by atoms with E-state index in [0.29, 0.717) is 6.61 Å². The molecule has 39 heavy (non-hydrogen) atoms. The Morgan fingerprint density at radius 2 is 1.46 bits per heavy atom. The Hall–Kier alpha value is -3.36. The molecule has 13 nitrogen and oxygen atoms in total. The number of methoxy groups -OCH3 is 4. The molecule has 0 amide bonds. The van der Waals surface area contributed by atoms with Gasteiger partial charge in [0.05, 0.1) is 46.6 Å². The summed E-state index contributed by atoms with van der Waals surface area (Å²) < 4.78 is 38.1. The minimum absolute atomic E-state index is 0.0196. The Morgan fingerprint density at radius 3 is 1.95 bits per heavy atom. The highest BCUT2D eigenvalue weighted by atomic mass is 16.7. The van der Waals surface area contributed by atoms with Gasteiger partial charge in [0.25, 0.3) is 5.69 Å². The van der Waals surface area contributed by atoms with Crippen molar-refractivity contribution in [2.75, 3.05) is 54.9 Å². The number of carbonyl (C=O) groups excluding carboxylic acids is 2. The highest BCUT2D eigenvalue weighted by Gasteiger charge is 2.44. The highest BCUT2D eigenvalue weighted by Crippen LogP contribution is 2.42. The van der Waals surface area contributed by atoms with E-state index in [2.05, 4.69) is 5.32 Å². The predicted molar refractivity (Wildman–Crippen MR) is 137 cm³/mol. The van der Waals surface area contributed by atoms with Crippen LogP contribution in [0.25, 0.3) is 0 Å².